The molecule has 1 N–H and O–H groups in total. The van der Waals surface area contributed by atoms with E-state index in [0.717, 1.165) is 21.7 Å². The minimum atomic E-state index is -0.540. The Labute approximate surface area is 135 Å². The van der Waals surface area contributed by atoms with Crippen LogP contribution in [0.4, 0.5) is 0 Å². The second-order valence-electron chi connectivity index (χ2n) is 6.01. The Kier molecular flexibility index (Phi) is 4.13. The number of hydrogen-bond acceptors (Lipinski definition) is 3. The van der Waals surface area contributed by atoms with Crippen LogP contribution in [0.15, 0.2) is 42.5 Å². The van der Waals surface area contributed by atoms with Crippen LogP contribution >= 0.6 is 11.6 Å². The van der Waals surface area contributed by atoms with Crippen molar-refractivity contribution in [1.29, 1.82) is 0 Å². The van der Waals surface area contributed by atoms with Crippen molar-refractivity contribution in [2.24, 2.45) is 0 Å². The maximum absolute atomic E-state index is 9.36. The molecule has 0 radical (unpaired) electrons. The zero-order valence-electron chi connectivity index (χ0n) is 12.7. The zero-order chi connectivity index (χ0) is 15.7. The standard InChI is InChI=1S/C18H19ClO3/c1-18(2)21-11-17(22-18)13-5-8-16(19)14(10-13)9-12-3-6-15(20)7-4-12/h3-8,10,17,20H,9,11H2,1-2H3. The lowest BCUT2D eigenvalue weighted by Crippen LogP contribution is -2.19. The molecule has 4 heteroatoms. The van der Waals surface area contributed by atoms with Gasteiger partial charge in [-0.25, -0.2) is 0 Å². The van der Waals surface area contributed by atoms with Crippen LogP contribution in [0.2, 0.25) is 5.02 Å². The summed E-state index contributed by atoms with van der Waals surface area (Å²) in [6, 6.07) is 13.1. The van der Waals surface area contributed by atoms with Crippen molar-refractivity contribution < 1.29 is 14.6 Å². The molecule has 116 valence electrons. The molecule has 1 unspecified atom stereocenters. The molecule has 1 atom stereocenters. The van der Waals surface area contributed by atoms with Gasteiger partial charge in [0.2, 0.25) is 0 Å². The highest BCUT2D eigenvalue weighted by Crippen LogP contribution is 2.34. The van der Waals surface area contributed by atoms with Crippen molar-refractivity contribution in [3.8, 4) is 5.75 Å². The molecule has 3 rings (SSSR count). The van der Waals surface area contributed by atoms with Gasteiger partial charge in [0.1, 0.15) is 11.9 Å². The van der Waals surface area contributed by atoms with Crippen molar-refractivity contribution in [3.05, 3.63) is 64.2 Å². The van der Waals surface area contributed by atoms with Crippen LogP contribution in [0.1, 0.15) is 36.6 Å². The Hall–Kier alpha value is -1.55. The monoisotopic (exact) mass is 318 g/mol. The van der Waals surface area contributed by atoms with Crippen molar-refractivity contribution in [3.63, 3.8) is 0 Å². The molecule has 1 saturated heterocycles. The van der Waals surface area contributed by atoms with Crippen molar-refractivity contribution in [1.82, 2.24) is 0 Å². The van der Waals surface area contributed by atoms with Crippen molar-refractivity contribution in [2.45, 2.75) is 32.2 Å². The molecule has 2 aromatic carbocycles. The topological polar surface area (TPSA) is 38.7 Å². The number of phenols is 1. The van der Waals surface area contributed by atoms with E-state index in [1.165, 1.54) is 0 Å². The molecule has 0 saturated carbocycles. The SMILES string of the molecule is CC1(C)OCC(c2ccc(Cl)c(Cc3ccc(O)cc3)c2)O1. The molecule has 0 aliphatic carbocycles. The van der Waals surface area contributed by atoms with Gasteiger partial charge >= 0.3 is 0 Å². The summed E-state index contributed by atoms with van der Waals surface area (Å²) < 4.78 is 11.5. The van der Waals surface area contributed by atoms with Crippen LogP contribution in [0.3, 0.4) is 0 Å². The first-order valence-electron chi connectivity index (χ1n) is 7.31. The van der Waals surface area contributed by atoms with Crippen molar-refractivity contribution >= 4 is 11.6 Å². The summed E-state index contributed by atoms with van der Waals surface area (Å²) in [5.41, 5.74) is 3.21. The van der Waals surface area contributed by atoms with Gasteiger partial charge in [0, 0.05) is 5.02 Å². The van der Waals surface area contributed by atoms with E-state index in [2.05, 4.69) is 6.07 Å². The predicted molar refractivity (Wildman–Crippen MR) is 86.2 cm³/mol. The number of hydrogen-bond donors (Lipinski definition) is 1. The zero-order valence-corrected chi connectivity index (χ0v) is 13.4. The summed E-state index contributed by atoms with van der Waals surface area (Å²) >= 11 is 6.32. The number of ether oxygens (including phenoxy) is 2. The van der Waals surface area contributed by atoms with E-state index < -0.39 is 5.79 Å². The molecular formula is C18H19ClO3. The van der Waals surface area contributed by atoms with E-state index in [1.54, 1.807) is 12.1 Å². The first kappa shape index (κ1) is 15.3. The van der Waals surface area contributed by atoms with Gasteiger partial charge in [-0.1, -0.05) is 35.9 Å². The molecule has 1 heterocycles. The van der Waals surface area contributed by atoms with E-state index >= 15 is 0 Å². The molecular weight excluding hydrogens is 300 g/mol. The summed E-state index contributed by atoms with van der Waals surface area (Å²) in [6.07, 6.45) is 0.648. The molecule has 1 fully saturated rings. The fourth-order valence-corrected chi connectivity index (χ4v) is 2.80. The van der Waals surface area contributed by atoms with E-state index in [1.807, 2.05) is 38.1 Å². The van der Waals surface area contributed by atoms with Gasteiger partial charge in [-0.2, -0.15) is 0 Å². The summed E-state index contributed by atoms with van der Waals surface area (Å²) in [5, 5.41) is 10.1. The summed E-state index contributed by atoms with van der Waals surface area (Å²) in [7, 11) is 0. The predicted octanol–water partition coefficient (Wildman–Crippen LogP) is 4.46. The first-order valence-corrected chi connectivity index (χ1v) is 7.69. The lowest BCUT2D eigenvalue weighted by molar-refractivity contribution is -0.139. The number of halogens is 1. The average molecular weight is 319 g/mol. The average Bonchev–Trinajstić information content (AvgIpc) is 2.84. The number of phenolic OH excluding ortho intramolecular Hbond substituents is 1. The van der Waals surface area contributed by atoms with Gasteiger partial charge in [0.15, 0.2) is 5.79 Å². The maximum Gasteiger partial charge on any atom is 0.163 e. The van der Waals surface area contributed by atoms with Crippen LogP contribution in [0.5, 0.6) is 5.75 Å². The minimum Gasteiger partial charge on any atom is -0.508 e. The summed E-state index contributed by atoms with van der Waals surface area (Å²) in [5.74, 6) is -0.274. The van der Waals surface area contributed by atoms with E-state index in [4.69, 9.17) is 21.1 Å². The third kappa shape index (κ3) is 3.43. The Morgan fingerprint density at radius 3 is 2.55 bits per heavy atom. The molecule has 0 aromatic heterocycles. The molecule has 0 amide bonds. The molecule has 0 bridgehead atoms. The van der Waals surface area contributed by atoms with Gasteiger partial charge < -0.3 is 14.6 Å². The Morgan fingerprint density at radius 1 is 1.18 bits per heavy atom. The van der Waals surface area contributed by atoms with Crippen LogP contribution < -0.4 is 0 Å². The quantitative estimate of drug-likeness (QED) is 0.908. The van der Waals surface area contributed by atoms with Crippen molar-refractivity contribution in [2.75, 3.05) is 6.61 Å². The van der Waals surface area contributed by atoms with E-state index in [0.29, 0.717) is 13.0 Å². The molecule has 0 spiro atoms. The first-order chi connectivity index (χ1) is 10.4. The van der Waals surface area contributed by atoms with Crippen LogP contribution in [-0.4, -0.2) is 17.5 Å². The largest absolute Gasteiger partial charge is 0.508 e. The lowest BCUT2D eigenvalue weighted by Gasteiger charge is -2.18. The number of benzene rings is 2. The molecule has 22 heavy (non-hydrogen) atoms. The van der Waals surface area contributed by atoms with Gasteiger partial charge in [-0.3, -0.25) is 0 Å². The molecule has 3 nitrogen and oxygen atoms in total. The summed E-state index contributed by atoms with van der Waals surface area (Å²) in [4.78, 5) is 0. The minimum absolute atomic E-state index is 0.0640. The van der Waals surface area contributed by atoms with E-state index in [9.17, 15) is 5.11 Å². The van der Waals surface area contributed by atoms with Gasteiger partial charge in [0.05, 0.1) is 6.61 Å². The third-order valence-corrected chi connectivity index (χ3v) is 4.15. The molecule has 1 aliphatic heterocycles. The molecule has 2 aromatic rings. The highest BCUT2D eigenvalue weighted by Gasteiger charge is 2.33. The summed E-state index contributed by atoms with van der Waals surface area (Å²) in [6.45, 7) is 4.38. The second kappa shape index (κ2) is 5.92. The number of rotatable bonds is 3. The Balaban J connectivity index is 1.82. The fraction of sp³-hybridized carbons (Fsp3) is 0.333. The van der Waals surface area contributed by atoms with E-state index in [-0.39, 0.29) is 11.9 Å². The van der Waals surface area contributed by atoms with Crippen LogP contribution in [0.25, 0.3) is 0 Å². The third-order valence-electron chi connectivity index (χ3n) is 3.78. The van der Waals surface area contributed by atoms with Crippen LogP contribution in [-0.2, 0) is 15.9 Å². The maximum atomic E-state index is 9.36. The highest BCUT2D eigenvalue weighted by atomic mass is 35.5. The van der Waals surface area contributed by atoms with Crippen LogP contribution in [0, 0.1) is 0 Å². The Bertz CT molecular complexity index is 665. The van der Waals surface area contributed by atoms with Gasteiger partial charge in [0.25, 0.3) is 0 Å². The number of aromatic hydroxyl groups is 1. The Morgan fingerprint density at radius 2 is 1.91 bits per heavy atom. The molecule has 1 aliphatic rings. The second-order valence-corrected chi connectivity index (χ2v) is 6.42. The lowest BCUT2D eigenvalue weighted by atomic mass is 10.0. The normalized spacial score (nSPS) is 20.2. The fourth-order valence-electron chi connectivity index (χ4n) is 2.62. The smallest absolute Gasteiger partial charge is 0.163 e. The van der Waals surface area contributed by atoms with Gasteiger partial charge in [-0.15, -0.1) is 0 Å². The van der Waals surface area contributed by atoms with Gasteiger partial charge in [-0.05, 0) is 55.2 Å². The highest BCUT2D eigenvalue weighted by molar-refractivity contribution is 6.31.